The van der Waals surface area contributed by atoms with Crippen LogP contribution in [-0.2, 0) is 0 Å². The molecule has 274 valence electrons. The Kier molecular flexibility index (Phi) is 8.23. The van der Waals surface area contributed by atoms with Crippen molar-refractivity contribution >= 4 is 43.6 Å². The quantitative estimate of drug-likeness (QED) is 0.171. The molecule has 0 saturated heterocycles. The molecular weight excluding hydrogens is 737 g/mol. The van der Waals surface area contributed by atoms with Gasteiger partial charge in [0, 0.05) is 32.7 Å². The average Bonchev–Trinajstić information content (AvgIpc) is 3.82. The number of pyridine rings is 1. The number of rotatable bonds is 5. The molecule has 3 aromatic heterocycles. The number of para-hydroxylation sites is 2. The summed E-state index contributed by atoms with van der Waals surface area (Å²) in [5.41, 5.74) is 11.2. The van der Waals surface area contributed by atoms with Crippen molar-refractivity contribution in [3.8, 4) is 75.2 Å². The summed E-state index contributed by atoms with van der Waals surface area (Å²) in [5, 5.41) is 53.6. The van der Waals surface area contributed by atoms with Crippen LogP contribution in [0.1, 0.15) is 27.8 Å². The average molecular weight is 763 g/mol. The standard InChI is InChI=1S/C52H26N8/c53-26-32-17-33(27-54)20-39(19-32)36-13-15-44-42-9-3-5-11-47(42)59(49(44)23-36)51-31-58-52(25-46(51)41-8-2-1-7-38(41)30-57)60-48-12-6-4-10-43(48)45-16-14-37(24-50(45)60)40-21-34(28-55)18-35(22-40)29-56/h1-25,31H. The monoisotopic (exact) mass is 762 g/mol. The van der Waals surface area contributed by atoms with Crippen LogP contribution >= 0.6 is 0 Å². The molecule has 3 heterocycles. The van der Waals surface area contributed by atoms with Crippen LogP contribution in [0.4, 0.5) is 0 Å². The number of hydrogen-bond donors (Lipinski definition) is 0. The normalized spacial score (nSPS) is 10.9. The lowest BCUT2D eigenvalue weighted by Gasteiger charge is -2.17. The molecule has 60 heavy (non-hydrogen) atoms. The van der Waals surface area contributed by atoms with Crippen LogP contribution in [0.3, 0.4) is 0 Å². The van der Waals surface area contributed by atoms with Gasteiger partial charge in [0.25, 0.3) is 0 Å². The van der Waals surface area contributed by atoms with E-state index in [1.165, 1.54) is 0 Å². The zero-order valence-electron chi connectivity index (χ0n) is 31.6. The summed E-state index contributed by atoms with van der Waals surface area (Å²) in [4.78, 5) is 5.22. The lowest BCUT2D eigenvalue weighted by Crippen LogP contribution is -2.04. The third-order valence-corrected chi connectivity index (χ3v) is 11.1. The van der Waals surface area contributed by atoms with Gasteiger partial charge in [-0.05, 0) is 95.1 Å². The summed E-state index contributed by atoms with van der Waals surface area (Å²) < 4.78 is 4.29. The molecule has 7 aromatic carbocycles. The van der Waals surface area contributed by atoms with Crippen LogP contribution in [0.5, 0.6) is 0 Å². The molecule has 0 bridgehead atoms. The van der Waals surface area contributed by atoms with E-state index in [4.69, 9.17) is 4.98 Å². The number of fused-ring (bicyclic) bond motifs is 6. The zero-order chi connectivity index (χ0) is 40.9. The minimum absolute atomic E-state index is 0.402. The van der Waals surface area contributed by atoms with E-state index in [2.05, 4.69) is 88.0 Å². The largest absolute Gasteiger partial charge is 0.307 e. The van der Waals surface area contributed by atoms with Crippen LogP contribution < -0.4 is 0 Å². The molecule has 0 atom stereocenters. The Morgan fingerprint density at radius 1 is 0.367 bits per heavy atom. The summed E-state index contributed by atoms with van der Waals surface area (Å²) in [5.74, 6) is 0.632. The van der Waals surface area contributed by atoms with Crippen molar-refractivity contribution in [2.75, 3.05) is 0 Å². The van der Waals surface area contributed by atoms with Crippen molar-refractivity contribution in [2.24, 2.45) is 0 Å². The van der Waals surface area contributed by atoms with Gasteiger partial charge in [-0.1, -0.05) is 78.9 Å². The Morgan fingerprint density at radius 2 is 0.833 bits per heavy atom. The molecule has 0 aliphatic rings. The first-order valence-electron chi connectivity index (χ1n) is 19.0. The van der Waals surface area contributed by atoms with Gasteiger partial charge < -0.3 is 4.57 Å². The van der Waals surface area contributed by atoms with E-state index >= 15 is 0 Å². The van der Waals surface area contributed by atoms with E-state index in [1.807, 2.05) is 72.9 Å². The van der Waals surface area contributed by atoms with E-state index < -0.39 is 0 Å². The molecule has 0 saturated carbocycles. The fourth-order valence-corrected chi connectivity index (χ4v) is 8.42. The van der Waals surface area contributed by atoms with E-state index in [-0.39, 0.29) is 0 Å². The first-order chi connectivity index (χ1) is 29.5. The summed E-state index contributed by atoms with van der Waals surface area (Å²) in [6, 6.07) is 59.7. The van der Waals surface area contributed by atoms with Crippen molar-refractivity contribution in [1.82, 2.24) is 14.1 Å². The van der Waals surface area contributed by atoms with Crippen LogP contribution in [0, 0.1) is 56.7 Å². The van der Waals surface area contributed by atoms with Gasteiger partial charge in [0.15, 0.2) is 0 Å². The molecule has 0 N–H and O–H groups in total. The van der Waals surface area contributed by atoms with Crippen molar-refractivity contribution in [3.63, 3.8) is 0 Å². The second-order valence-corrected chi connectivity index (χ2v) is 14.4. The Bertz CT molecular complexity index is 3620. The summed E-state index contributed by atoms with van der Waals surface area (Å²) in [6.45, 7) is 0. The molecule has 0 aliphatic heterocycles. The van der Waals surface area contributed by atoms with Gasteiger partial charge >= 0.3 is 0 Å². The topological polar surface area (TPSA) is 142 Å². The van der Waals surface area contributed by atoms with E-state index in [1.54, 1.807) is 36.4 Å². The second kappa shape index (κ2) is 14.0. The van der Waals surface area contributed by atoms with Crippen molar-refractivity contribution < 1.29 is 0 Å². The Morgan fingerprint density at radius 3 is 1.37 bits per heavy atom. The Hall–Kier alpha value is -9.26. The predicted octanol–water partition coefficient (Wildman–Crippen LogP) is 11.6. The molecule has 0 unspecified atom stereocenters. The van der Waals surface area contributed by atoms with Gasteiger partial charge in [0.1, 0.15) is 5.82 Å². The number of nitriles is 5. The minimum Gasteiger partial charge on any atom is -0.307 e. The van der Waals surface area contributed by atoms with Crippen LogP contribution in [0.2, 0.25) is 0 Å². The zero-order valence-corrected chi connectivity index (χ0v) is 31.6. The lowest BCUT2D eigenvalue weighted by molar-refractivity contribution is 1.06. The third kappa shape index (κ3) is 5.61. The third-order valence-electron chi connectivity index (χ3n) is 11.1. The molecular formula is C52H26N8. The first kappa shape index (κ1) is 35.2. The number of nitrogens with zero attached hydrogens (tertiary/aromatic N) is 8. The van der Waals surface area contributed by atoms with Gasteiger partial charge in [0.05, 0.1) is 92.1 Å². The summed E-state index contributed by atoms with van der Waals surface area (Å²) in [6.07, 6.45) is 1.86. The van der Waals surface area contributed by atoms with Gasteiger partial charge in [-0.2, -0.15) is 26.3 Å². The summed E-state index contributed by atoms with van der Waals surface area (Å²) >= 11 is 0. The van der Waals surface area contributed by atoms with Crippen molar-refractivity contribution in [3.05, 3.63) is 186 Å². The molecule has 0 radical (unpaired) electrons. The molecule has 0 fully saturated rings. The fourth-order valence-electron chi connectivity index (χ4n) is 8.42. The lowest BCUT2D eigenvalue weighted by atomic mass is 9.98. The van der Waals surface area contributed by atoms with Crippen molar-refractivity contribution in [2.45, 2.75) is 0 Å². The molecule has 10 aromatic rings. The second-order valence-electron chi connectivity index (χ2n) is 14.4. The van der Waals surface area contributed by atoms with E-state index in [0.29, 0.717) is 33.6 Å². The summed E-state index contributed by atoms with van der Waals surface area (Å²) in [7, 11) is 0. The molecule has 8 heteroatoms. The van der Waals surface area contributed by atoms with Gasteiger partial charge in [-0.15, -0.1) is 0 Å². The molecule has 10 rings (SSSR count). The molecule has 0 aliphatic carbocycles. The maximum absolute atomic E-state index is 10.5. The first-order valence-corrected chi connectivity index (χ1v) is 19.0. The van der Waals surface area contributed by atoms with Crippen LogP contribution in [-0.4, -0.2) is 14.1 Å². The number of hydrogen-bond acceptors (Lipinski definition) is 6. The van der Waals surface area contributed by atoms with Crippen molar-refractivity contribution in [1.29, 1.82) is 26.3 Å². The maximum atomic E-state index is 10.5. The van der Waals surface area contributed by atoms with Crippen LogP contribution in [0.25, 0.3) is 88.5 Å². The van der Waals surface area contributed by atoms with E-state index in [9.17, 15) is 26.3 Å². The molecule has 8 nitrogen and oxygen atoms in total. The molecule has 0 spiro atoms. The number of aromatic nitrogens is 3. The maximum Gasteiger partial charge on any atom is 0.138 e. The Balaban J connectivity index is 1.26. The number of benzene rings is 7. The van der Waals surface area contributed by atoms with Gasteiger partial charge in [-0.25, -0.2) is 4.98 Å². The highest BCUT2D eigenvalue weighted by atomic mass is 15.1. The Labute approximate surface area is 343 Å². The highest BCUT2D eigenvalue weighted by molar-refractivity contribution is 6.12. The SMILES string of the molecule is N#Cc1cc(C#N)cc(-c2ccc3c4ccccc4n(-c4cc(-c5ccccc5C#N)c(-n5c6ccccc6c6ccc(-c7cc(C#N)cc(C#N)c7)cc65)cn4)c3c2)c1. The highest BCUT2D eigenvalue weighted by Gasteiger charge is 2.22. The van der Waals surface area contributed by atoms with Gasteiger partial charge in [0.2, 0.25) is 0 Å². The van der Waals surface area contributed by atoms with Gasteiger partial charge in [-0.3, -0.25) is 4.57 Å². The van der Waals surface area contributed by atoms with Crippen LogP contribution in [0.15, 0.2) is 158 Å². The highest BCUT2D eigenvalue weighted by Crippen LogP contribution is 2.41. The minimum atomic E-state index is 0.402. The smallest absolute Gasteiger partial charge is 0.138 e. The molecule has 0 amide bonds. The predicted molar refractivity (Wildman–Crippen MR) is 233 cm³/mol. The van der Waals surface area contributed by atoms with E-state index in [0.717, 1.165) is 82.7 Å². The fraction of sp³-hybridized carbons (Fsp3) is 0.